The minimum absolute atomic E-state index is 0.944. The predicted molar refractivity (Wildman–Crippen MR) is 87.9 cm³/mol. The van der Waals surface area contributed by atoms with Crippen LogP contribution in [0, 0.1) is 5.92 Å². The summed E-state index contributed by atoms with van der Waals surface area (Å²) in [5, 5.41) is 3.46. The topological polar surface area (TPSA) is 24.4 Å². The molecule has 1 N–H and O–H groups in total. The lowest BCUT2D eigenvalue weighted by Crippen LogP contribution is -2.15. The number of nitrogens with one attached hydrogen (secondary N) is 1. The zero-order valence-electron chi connectivity index (χ0n) is 13.1. The van der Waals surface area contributed by atoms with Crippen LogP contribution in [0.1, 0.15) is 59.3 Å². The van der Waals surface area contributed by atoms with Gasteiger partial charge in [0.25, 0.3) is 0 Å². The molecule has 0 radical (unpaired) electrons. The maximum Gasteiger partial charge on any atom is 0.0263 e. The molecule has 0 aliphatic heterocycles. The van der Waals surface area contributed by atoms with Gasteiger partial charge in [0, 0.05) is 12.7 Å². The maximum atomic E-state index is 3.69. The first kappa shape index (κ1) is 18.1. The molecule has 0 aliphatic carbocycles. The van der Waals surface area contributed by atoms with Crippen LogP contribution in [0.25, 0.3) is 0 Å². The van der Waals surface area contributed by atoms with Gasteiger partial charge in [0.05, 0.1) is 0 Å². The highest BCUT2D eigenvalue weighted by atomic mass is 14.8. The Morgan fingerprint density at radius 1 is 1.26 bits per heavy atom. The molecule has 0 spiro atoms. The second kappa shape index (κ2) is 13.5. The van der Waals surface area contributed by atoms with Gasteiger partial charge in [-0.25, -0.2) is 0 Å². The highest BCUT2D eigenvalue weighted by Gasteiger charge is 2.03. The molecule has 0 aromatic carbocycles. The van der Waals surface area contributed by atoms with Gasteiger partial charge in [0.1, 0.15) is 0 Å². The molecule has 19 heavy (non-hydrogen) atoms. The molecule has 2 nitrogen and oxygen atoms in total. The van der Waals surface area contributed by atoms with Crippen LogP contribution in [-0.4, -0.2) is 19.8 Å². The summed E-state index contributed by atoms with van der Waals surface area (Å²) in [5.41, 5.74) is 1.23. The molecule has 0 fully saturated rings. The van der Waals surface area contributed by atoms with Crippen molar-refractivity contribution in [3.05, 3.63) is 23.9 Å². The summed E-state index contributed by atoms with van der Waals surface area (Å²) < 4.78 is 0. The molecule has 1 atom stereocenters. The summed E-state index contributed by atoms with van der Waals surface area (Å²) in [4.78, 5) is 3.69. The molecule has 0 aromatic heterocycles. The molecular weight excluding hydrogens is 232 g/mol. The van der Waals surface area contributed by atoms with Crippen LogP contribution < -0.4 is 5.32 Å². The Labute approximate surface area is 120 Å². The summed E-state index contributed by atoms with van der Waals surface area (Å²) in [6.07, 6.45) is 14.0. The van der Waals surface area contributed by atoms with E-state index in [4.69, 9.17) is 0 Å². The molecule has 0 bridgehead atoms. The first-order valence-electron chi connectivity index (χ1n) is 7.74. The van der Waals surface area contributed by atoms with Crippen LogP contribution in [0.3, 0.4) is 0 Å². The highest BCUT2D eigenvalue weighted by Crippen LogP contribution is 2.17. The van der Waals surface area contributed by atoms with Crippen molar-refractivity contribution in [3.63, 3.8) is 0 Å². The van der Waals surface area contributed by atoms with Gasteiger partial charge in [-0.05, 0) is 38.6 Å². The average molecular weight is 264 g/mol. The Balaban J connectivity index is 3.49. The molecule has 0 aliphatic rings. The average Bonchev–Trinajstić information content (AvgIpc) is 2.42. The van der Waals surface area contributed by atoms with Gasteiger partial charge in [0.2, 0.25) is 0 Å². The Bertz CT molecular complexity index is 266. The number of allylic oxidation sites excluding steroid dienone is 2. The van der Waals surface area contributed by atoms with E-state index in [2.05, 4.69) is 43.9 Å². The van der Waals surface area contributed by atoms with Gasteiger partial charge in [-0.15, -0.1) is 0 Å². The fourth-order valence-corrected chi connectivity index (χ4v) is 2.22. The molecule has 0 amide bonds. The number of aliphatic imine (C=N–C) groups is 1. The number of hydrogen-bond acceptors (Lipinski definition) is 2. The van der Waals surface area contributed by atoms with E-state index in [0.29, 0.717) is 0 Å². The van der Waals surface area contributed by atoms with E-state index in [0.717, 1.165) is 19.0 Å². The van der Waals surface area contributed by atoms with E-state index in [9.17, 15) is 0 Å². The van der Waals surface area contributed by atoms with Crippen molar-refractivity contribution in [2.24, 2.45) is 10.9 Å². The van der Waals surface area contributed by atoms with Crippen LogP contribution in [0.4, 0.5) is 0 Å². The number of rotatable bonds is 12. The van der Waals surface area contributed by atoms with E-state index in [1.165, 1.54) is 44.1 Å². The molecule has 110 valence electrons. The zero-order chi connectivity index (χ0) is 14.3. The van der Waals surface area contributed by atoms with Gasteiger partial charge in [0.15, 0.2) is 0 Å². The van der Waals surface area contributed by atoms with Crippen molar-refractivity contribution < 1.29 is 0 Å². The predicted octanol–water partition coefficient (Wildman–Crippen LogP) is 4.73. The monoisotopic (exact) mass is 264 g/mol. The molecule has 2 heteroatoms. The Morgan fingerprint density at radius 3 is 2.68 bits per heavy atom. The molecule has 0 saturated carbocycles. The summed E-state index contributed by atoms with van der Waals surface area (Å²) in [7, 11) is 0. The minimum Gasteiger partial charge on any atom is -0.313 e. The molecular formula is C17H32N2. The third-order valence-corrected chi connectivity index (χ3v) is 3.50. The fourth-order valence-electron chi connectivity index (χ4n) is 2.22. The zero-order valence-corrected chi connectivity index (χ0v) is 13.1. The highest BCUT2D eigenvalue weighted by molar-refractivity contribution is 5.27. The second-order valence-corrected chi connectivity index (χ2v) is 5.21. The van der Waals surface area contributed by atoms with Gasteiger partial charge in [-0.1, -0.05) is 57.6 Å². The van der Waals surface area contributed by atoms with Gasteiger partial charge < -0.3 is 5.32 Å². The summed E-state index contributed by atoms with van der Waals surface area (Å²) in [6.45, 7) is 12.2. The standard InChI is InChI=1S/C17H32N2/c1-5-9-17(6-2)10-7-8-13-19-15-12-16(3)11-14-18-4/h11-12,14,17,19H,4-10,13,15H2,1-3H3/b14-11-,16-12-. The molecule has 0 saturated heterocycles. The third-order valence-electron chi connectivity index (χ3n) is 3.50. The Hall–Kier alpha value is -0.890. The van der Waals surface area contributed by atoms with Crippen LogP contribution in [-0.2, 0) is 0 Å². The van der Waals surface area contributed by atoms with E-state index in [-0.39, 0.29) is 0 Å². The van der Waals surface area contributed by atoms with E-state index in [1.807, 2.05) is 6.08 Å². The number of hydrogen-bond donors (Lipinski definition) is 1. The lowest BCUT2D eigenvalue weighted by Gasteiger charge is -2.13. The quantitative estimate of drug-likeness (QED) is 0.307. The minimum atomic E-state index is 0.944. The van der Waals surface area contributed by atoms with Gasteiger partial charge in [-0.3, -0.25) is 4.99 Å². The van der Waals surface area contributed by atoms with Crippen molar-refractivity contribution in [3.8, 4) is 0 Å². The maximum absolute atomic E-state index is 3.69. The molecule has 0 rings (SSSR count). The SMILES string of the molecule is C=N/C=C\C(C)=C/CNCCCCC(CC)CCC. The Kier molecular flexibility index (Phi) is 12.9. The lowest BCUT2D eigenvalue weighted by molar-refractivity contribution is 0.411. The molecule has 0 heterocycles. The number of unbranched alkanes of at least 4 members (excludes halogenated alkanes) is 1. The first-order valence-corrected chi connectivity index (χ1v) is 7.74. The normalized spacial score (nSPS) is 13.9. The van der Waals surface area contributed by atoms with Gasteiger partial charge >= 0.3 is 0 Å². The van der Waals surface area contributed by atoms with E-state index < -0.39 is 0 Å². The van der Waals surface area contributed by atoms with Gasteiger partial charge in [-0.2, -0.15) is 0 Å². The van der Waals surface area contributed by atoms with Crippen molar-refractivity contribution in [1.82, 2.24) is 5.32 Å². The lowest BCUT2D eigenvalue weighted by atomic mass is 9.95. The third kappa shape index (κ3) is 11.9. The van der Waals surface area contributed by atoms with Crippen molar-refractivity contribution in [2.45, 2.75) is 59.3 Å². The summed E-state index contributed by atoms with van der Waals surface area (Å²) in [6, 6.07) is 0. The first-order chi connectivity index (χ1) is 9.24. The molecule has 0 aromatic rings. The van der Waals surface area contributed by atoms with Crippen molar-refractivity contribution in [1.29, 1.82) is 0 Å². The van der Waals surface area contributed by atoms with E-state index >= 15 is 0 Å². The largest absolute Gasteiger partial charge is 0.313 e. The van der Waals surface area contributed by atoms with Crippen molar-refractivity contribution >= 4 is 6.72 Å². The molecule has 1 unspecified atom stereocenters. The van der Waals surface area contributed by atoms with Crippen LogP contribution in [0.2, 0.25) is 0 Å². The Morgan fingerprint density at radius 2 is 2.05 bits per heavy atom. The summed E-state index contributed by atoms with van der Waals surface area (Å²) >= 11 is 0. The smallest absolute Gasteiger partial charge is 0.0263 e. The van der Waals surface area contributed by atoms with Crippen LogP contribution in [0.15, 0.2) is 28.9 Å². The van der Waals surface area contributed by atoms with Crippen LogP contribution in [0.5, 0.6) is 0 Å². The number of nitrogens with zero attached hydrogens (tertiary/aromatic N) is 1. The second-order valence-electron chi connectivity index (χ2n) is 5.21. The fraction of sp³-hybridized carbons (Fsp3) is 0.706. The van der Waals surface area contributed by atoms with Crippen LogP contribution >= 0.6 is 0 Å². The van der Waals surface area contributed by atoms with Crippen molar-refractivity contribution in [2.75, 3.05) is 13.1 Å². The van der Waals surface area contributed by atoms with E-state index in [1.54, 1.807) is 6.20 Å². The summed E-state index contributed by atoms with van der Waals surface area (Å²) in [5.74, 6) is 0.948.